The molecule has 0 saturated carbocycles. The second kappa shape index (κ2) is 6.48. The van der Waals surface area contributed by atoms with Crippen LogP contribution >= 0.6 is 23.1 Å². The zero-order chi connectivity index (χ0) is 15.6. The van der Waals surface area contributed by atoms with Crippen LogP contribution in [0.4, 0.5) is 0 Å². The van der Waals surface area contributed by atoms with Gasteiger partial charge in [-0.3, -0.25) is 9.59 Å². The molecule has 1 aliphatic rings. The van der Waals surface area contributed by atoms with E-state index in [2.05, 4.69) is 5.32 Å². The third-order valence-corrected chi connectivity index (χ3v) is 5.38. The molecular formula is C13H16N2O4S2. The van der Waals surface area contributed by atoms with Crippen LogP contribution in [0.5, 0.6) is 0 Å². The van der Waals surface area contributed by atoms with E-state index in [1.807, 2.05) is 13.0 Å². The molecular weight excluding hydrogens is 312 g/mol. The van der Waals surface area contributed by atoms with E-state index < -0.39 is 12.0 Å². The molecule has 2 amide bonds. The number of rotatable bonds is 4. The van der Waals surface area contributed by atoms with Crippen LogP contribution < -0.4 is 5.32 Å². The van der Waals surface area contributed by atoms with E-state index in [0.717, 1.165) is 4.88 Å². The van der Waals surface area contributed by atoms with Crippen molar-refractivity contribution in [2.45, 2.75) is 25.3 Å². The molecule has 2 heterocycles. The number of aryl methyl sites for hydroxylation is 1. The van der Waals surface area contributed by atoms with Crippen molar-refractivity contribution in [3.8, 4) is 0 Å². The molecule has 21 heavy (non-hydrogen) atoms. The maximum Gasteiger partial charge on any atom is 0.327 e. The van der Waals surface area contributed by atoms with E-state index in [0.29, 0.717) is 10.6 Å². The van der Waals surface area contributed by atoms with Gasteiger partial charge in [-0.25, -0.2) is 4.79 Å². The van der Waals surface area contributed by atoms with Gasteiger partial charge in [0.25, 0.3) is 5.91 Å². The highest BCUT2D eigenvalue weighted by atomic mass is 32.2. The molecule has 6 nitrogen and oxygen atoms in total. The van der Waals surface area contributed by atoms with E-state index in [4.69, 9.17) is 5.11 Å². The van der Waals surface area contributed by atoms with Gasteiger partial charge in [0.1, 0.15) is 6.04 Å². The maximum atomic E-state index is 12.1. The van der Waals surface area contributed by atoms with Gasteiger partial charge < -0.3 is 15.3 Å². The van der Waals surface area contributed by atoms with Crippen LogP contribution in [0.2, 0.25) is 0 Å². The molecule has 0 bridgehead atoms. The number of carboxylic acids is 1. The van der Waals surface area contributed by atoms with Gasteiger partial charge in [0.2, 0.25) is 5.91 Å². The molecule has 0 aliphatic carbocycles. The van der Waals surface area contributed by atoms with Crippen molar-refractivity contribution in [2.24, 2.45) is 0 Å². The summed E-state index contributed by atoms with van der Waals surface area (Å²) >= 11 is 2.77. The average Bonchev–Trinajstić information content (AvgIpc) is 3.01. The molecule has 2 N–H and O–H groups in total. The minimum Gasteiger partial charge on any atom is -0.480 e. The van der Waals surface area contributed by atoms with E-state index >= 15 is 0 Å². The molecule has 8 heteroatoms. The number of carboxylic acid groups (broad SMARTS) is 1. The lowest BCUT2D eigenvalue weighted by Gasteiger charge is -2.25. The van der Waals surface area contributed by atoms with Crippen molar-refractivity contribution >= 4 is 40.9 Å². The van der Waals surface area contributed by atoms with Gasteiger partial charge in [-0.15, -0.1) is 23.1 Å². The van der Waals surface area contributed by atoms with Crippen LogP contribution in [0.1, 0.15) is 21.5 Å². The quantitative estimate of drug-likeness (QED) is 0.866. The molecule has 1 aromatic rings. The first-order valence-electron chi connectivity index (χ1n) is 6.40. The Morgan fingerprint density at radius 1 is 1.43 bits per heavy atom. The topological polar surface area (TPSA) is 86.7 Å². The van der Waals surface area contributed by atoms with Gasteiger partial charge in [-0.05, 0) is 26.0 Å². The van der Waals surface area contributed by atoms with E-state index in [1.165, 1.54) is 28.0 Å². The minimum atomic E-state index is -1.01. The SMILES string of the molecule is Cc1ccc(C(=O)NCC(=O)N2C(C)SCC2C(=O)O)s1. The number of aliphatic carboxylic acids is 1. The first-order valence-corrected chi connectivity index (χ1v) is 8.27. The fourth-order valence-corrected chi connectivity index (χ4v) is 4.08. The fraction of sp³-hybridized carbons (Fsp3) is 0.462. The summed E-state index contributed by atoms with van der Waals surface area (Å²) in [5.41, 5.74) is 0. The lowest BCUT2D eigenvalue weighted by molar-refractivity contribution is -0.148. The molecule has 2 atom stereocenters. The van der Waals surface area contributed by atoms with Gasteiger partial charge in [0.05, 0.1) is 16.8 Å². The summed E-state index contributed by atoms with van der Waals surface area (Å²) in [5.74, 6) is -1.32. The zero-order valence-corrected chi connectivity index (χ0v) is 13.3. The summed E-state index contributed by atoms with van der Waals surface area (Å²) in [6, 6.07) is 2.72. The first kappa shape index (κ1) is 15.8. The Kier molecular flexibility index (Phi) is 4.89. The number of thioether (sulfide) groups is 1. The first-order chi connectivity index (χ1) is 9.90. The summed E-state index contributed by atoms with van der Waals surface area (Å²) in [4.78, 5) is 38.0. The molecule has 1 aliphatic heterocycles. The molecule has 0 spiro atoms. The largest absolute Gasteiger partial charge is 0.480 e. The van der Waals surface area contributed by atoms with Crippen molar-refractivity contribution < 1.29 is 19.5 Å². The number of thiophene rings is 1. The van der Waals surface area contributed by atoms with Crippen LogP contribution in [0.25, 0.3) is 0 Å². The van der Waals surface area contributed by atoms with E-state index in [-0.39, 0.29) is 23.7 Å². The fourth-order valence-electron chi connectivity index (χ4n) is 2.10. The van der Waals surface area contributed by atoms with Crippen LogP contribution in [0.15, 0.2) is 12.1 Å². The van der Waals surface area contributed by atoms with Crippen LogP contribution in [-0.4, -0.2) is 51.5 Å². The minimum absolute atomic E-state index is 0.190. The van der Waals surface area contributed by atoms with Crippen LogP contribution in [-0.2, 0) is 9.59 Å². The lowest BCUT2D eigenvalue weighted by atomic mass is 10.2. The number of hydrogen-bond donors (Lipinski definition) is 2. The summed E-state index contributed by atoms with van der Waals surface area (Å²) in [6.45, 7) is 3.49. The van der Waals surface area contributed by atoms with Gasteiger partial charge >= 0.3 is 5.97 Å². The number of amides is 2. The zero-order valence-electron chi connectivity index (χ0n) is 11.7. The monoisotopic (exact) mass is 328 g/mol. The maximum absolute atomic E-state index is 12.1. The van der Waals surface area contributed by atoms with Crippen molar-refractivity contribution in [1.82, 2.24) is 10.2 Å². The van der Waals surface area contributed by atoms with Crippen molar-refractivity contribution in [3.63, 3.8) is 0 Å². The van der Waals surface area contributed by atoms with Gasteiger partial charge in [-0.2, -0.15) is 0 Å². The molecule has 1 saturated heterocycles. The van der Waals surface area contributed by atoms with Gasteiger partial charge in [-0.1, -0.05) is 0 Å². The molecule has 114 valence electrons. The summed E-state index contributed by atoms with van der Waals surface area (Å²) in [5, 5.41) is 11.5. The third kappa shape index (κ3) is 3.56. The number of nitrogens with zero attached hydrogens (tertiary/aromatic N) is 1. The Balaban J connectivity index is 1.95. The Bertz CT molecular complexity index is 572. The van der Waals surface area contributed by atoms with Crippen LogP contribution in [0, 0.1) is 6.92 Å². The van der Waals surface area contributed by atoms with E-state index in [9.17, 15) is 14.4 Å². The van der Waals surface area contributed by atoms with Crippen molar-refractivity contribution in [2.75, 3.05) is 12.3 Å². The molecule has 2 rings (SSSR count). The molecule has 0 radical (unpaired) electrons. The Morgan fingerprint density at radius 3 is 2.71 bits per heavy atom. The Hall–Kier alpha value is -1.54. The number of nitrogens with one attached hydrogen (secondary N) is 1. The Morgan fingerprint density at radius 2 is 2.14 bits per heavy atom. The smallest absolute Gasteiger partial charge is 0.327 e. The number of carbonyl (C=O) groups is 3. The predicted molar refractivity (Wildman–Crippen MR) is 81.6 cm³/mol. The van der Waals surface area contributed by atoms with Gasteiger partial charge in [0.15, 0.2) is 0 Å². The lowest BCUT2D eigenvalue weighted by Crippen LogP contribution is -2.48. The van der Waals surface area contributed by atoms with Crippen molar-refractivity contribution in [3.05, 3.63) is 21.9 Å². The number of carbonyl (C=O) groups excluding carboxylic acids is 2. The molecule has 0 aromatic carbocycles. The molecule has 2 unspecified atom stereocenters. The highest BCUT2D eigenvalue weighted by Crippen LogP contribution is 2.28. The summed E-state index contributed by atoms with van der Waals surface area (Å²) < 4.78 is 0. The van der Waals surface area contributed by atoms with Gasteiger partial charge in [0, 0.05) is 10.6 Å². The highest BCUT2D eigenvalue weighted by molar-refractivity contribution is 8.00. The van der Waals surface area contributed by atoms with Crippen molar-refractivity contribution in [1.29, 1.82) is 0 Å². The second-order valence-electron chi connectivity index (χ2n) is 4.68. The average molecular weight is 328 g/mol. The highest BCUT2D eigenvalue weighted by Gasteiger charge is 2.39. The molecule has 1 aromatic heterocycles. The summed E-state index contributed by atoms with van der Waals surface area (Å²) in [6.07, 6.45) is 0. The Labute approximate surface area is 130 Å². The molecule has 1 fully saturated rings. The standard InChI is InChI=1S/C13H16N2O4S2/c1-7-3-4-10(21-7)12(17)14-5-11(16)15-8(2)20-6-9(15)13(18)19/h3-4,8-9H,5-6H2,1-2H3,(H,14,17)(H,18,19). The summed E-state index contributed by atoms with van der Waals surface area (Å²) in [7, 11) is 0. The number of hydrogen-bond acceptors (Lipinski definition) is 5. The van der Waals surface area contributed by atoms with E-state index in [1.54, 1.807) is 13.0 Å². The van der Waals surface area contributed by atoms with Crippen LogP contribution in [0.3, 0.4) is 0 Å². The normalized spacial score (nSPS) is 21.3. The third-order valence-electron chi connectivity index (χ3n) is 3.16. The predicted octanol–water partition coefficient (Wildman–Crippen LogP) is 1.16. The second-order valence-corrected chi connectivity index (χ2v) is 7.32.